The molecule has 3 rings (SSSR count). The molecule has 0 unspecified atom stereocenters. The zero-order chi connectivity index (χ0) is 18.2. The first-order valence-electron chi connectivity index (χ1n) is 8.43. The highest BCUT2D eigenvalue weighted by atomic mass is 16.5. The first kappa shape index (κ1) is 17.4. The Balaban J connectivity index is 1.78. The van der Waals surface area contributed by atoms with E-state index in [4.69, 9.17) is 4.74 Å². The third kappa shape index (κ3) is 3.24. The summed E-state index contributed by atoms with van der Waals surface area (Å²) < 4.78 is 4.98. The zero-order valence-corrected chi connectivity index (χ0v) is 14.7. The molecule has 1 heterocycles. The SMILES string of the molecule is COC[C@H](C)C(=O)Nc1cccc(N2C(=O)N[C@@](C)(C3CC3)C2=O)c1. The summed E-state index contributed by atoms with van der Waals surface area (Å²) in [7, 11) is 1.54. The molecule has 0 radical (unpaired) electrons. The molecule has 2 aliphatic rings. The Hall–Kier alpha value is -2.41. The minimum absolute atomic E-state index is 0.181. The third-order valence-corrected chi connectivity index (χ3v) is 4.85. The standard InChI is InChI=1S/C18H23N3O4/c1-11(10-25-3)15(22)19-13-5-4-6-14(9-13)21-16(23)18(2,12-7-8-12)20-17(21)24/h4-6,9,11-12H,7-8,10H2,1-3H3,(H,19,22)(H,20,24)/t11-,18-/m0/s1. The summed E-state index contributed by atoms with van der Waals surface area (Å²) in [4.78, 5) is 38.4. The van der Waals surface area contributed by atoms with Gasteiger partial charge < -0.3 is 15.4 Å². The first-order valence-corrected chi connectivity index (χ1v) is 8.43. The van der Waals surface area contributed by atoms with Gasteiger partial charge in [0.15, 0.2) is 0 Å². The van der Waals surface area contributed by atoms with Gasteiger partial charge in [-0.3, -0.25) is 9.59 Å². The summed E-state index contributed by atoms with van der Waals surface area (Å²) in [6.07, 6.45) is 1.90. The van der Waals surface area contributed by atoms with Crippen molar-refractivity contribution in [2.75, 3.05) is 23.9 Å². The van der Waals surface area contributed by atoms with Crippen molar-refractivity contribution in [2.24, 2.45) is 11.8 Å². The average molecular weight is 345 g/mol. The van der Waals surface area contributed by atoms with Crippen LogP contribution in [0.15, 0.2) is 24.3 Å². The molecule has 0 aromatic heterocycles. The number of benzene rings is 1. The number of carbonyl (C=O) groups is 3. The highest BCUT2D eigenvalue weighted by Crippen LogP contribution is 2.43. The van der Waals surface area contributed by atoms with Crippen LogP contribution in [-0.2, 0) is 14.3 Å². The molecule has 0 spiro atoms. The number of hydrogen-bond acceptors (Lipinski definition) is 4. The Kier molecular flexibility index (Phi) is 4.51. The van der Waals surface area contributed by atoms with Crippen LogP contribution in [0.4, 0.5) is 16.2 Å². The minimum Gasteiger partial charge on any atom is -0.384 e. The van der Waals surface area contributed by atoms with Gasteiger partial charge in [0, 0.05) is 12.8 Å². The zero-order valence-electron chi connectivity index (χ0n) is 14.7. The molecule has 1 saturated heterocycles. The van der Waals surface area contributed by atoms with Gasteiger partial charge in [-0.2, -0.15) is 0 Å². The molecule has 2 N–H and O–H groups in total. The van der Waals surface area contributed by atoms with Crippen molar-refractivity contribution >= 4 is 29.2 Å². The summed E-state index contributed by atoms with van der Waals surface area (Å²) >= 11 is 0. The van der Waals surface area contributed by atoms with Crippen LogP contribution < -0.4 is 15.5 Å². The van der Waals surface area contributed by atoms with E-state index in [0.717, 1.165) is 17.7 Å². The van der Waals surface area contributed by atoms with Crippen molar-refractivity contribution in [1.82, 2.24) is 5.32 Å². The van der Waals surface area contributed by atoms with Gasteiger partial charge in [-0.15, -0.1) is 0 Å². The minimum atomic E-state index is -0.830. The fourth-order valence-corrected chi connectivity index (χ4v) is 3.14. The number of amides is 4. The van der Waals surface area contributed by atoms with Gasteiger partial charge in [-0.05, 0) is 43.9 Å². The second kappa shape index (κ2) is 6.48. The number of anilines is 2. The number of methoxy groups -OCH3 is 1. The molecule has 2 fully saturated rings. The van der Waals surface area contributed by atoms with Crippen LogP contribution in [-0.4, -0.2) is 37.1 Å². The molecule has 2 atom stereocenters. The fraction of sp³-hybridized carbons (Fsp3) is 0.500. The van der Waals surface area contributed by atoms with Crippen molar-refractivity contribution in [3.05, 3.63) is 24.3 Å². The molecule has 1 aromatic rings. The largest absolute Gasteiger partial charge is 0.384 e. The summed E-state index contributed by atoms with van der Waals surface area (Å²) in [5.74, 6) is -0.523. The number of ether oxygens (including phenoxy) is 1. The van der Waals surface area contributed by atoms with Crippen LogP contribution in [0, 0.1) is 11.8 Å². The van der Waals surface area contributed by atoms with E-state index in [0.29, 0.717) is 18.0 Å². The highest BCUT2D eigenvalue weighted by Gasteiger charge is 2.56. The lowest BCUT2D eigenvalue weighted by atomic mass is 9.96. The monoisotopic (exact) mass is 345 g/mol. The Morgan fingerprint density at radius 3 is 2.80 bits per heavy atom. The van der Waals surface area contributed by atoms with E-state index < -0.39 is 11.6 Å². The first-order chi connectivity index (χ1) is 11.9. The van der Waals surface area contributed by atoms with E-state index >= 15 is 0 Å². The van der Waals surface area contributed by atoms with Crippen molar-refractivity contribution in [2.45, 2.75) is 32.2 Å². The van der Waals surface area contributed by atoms with Gasteiger partial charge in [0.2, 0.25) is 5.91 Å². The molecular formula is C18H23N3O4. The molecule has 134 valence electrons. The molecular weight excluding hydrogens is 322 g/mol. The van der Waals surface area contributed by atoms with E-state index in [2.05, 4.69) is 10.6 Å². The second-order valence-electron chi connectivity index (χ2n) is 6.94. The smallest absolute Gasteiger partial charge is 0.329 e. The Labute approximate surface area is 146 Å². The average Bonchev–Trinajstić information content (AvgIpc) is 3.37. The molecule has 1 aromatic carbocycles. The number of hydrogen-bond donors (Lipinski definition) is 2. The van der Waals surface area contributed by atoms with Crippen molar-refractivity contribution in [3.63, 3.8) is 0 Å². The lowest BCUT2D eigenvalue weighted by molar-refractivity contribution is -0.122. The van der Waals surface area contributed by atoms with E-state index in [1.165, 1.54) is 0 Å². The number of nitrogens with zero attached hydrogens (tertiary/aromatic N) is 1. The summed E-state index contributed by atoms with van der Waals surface area (Å²) in [5, 5.41) is 5.61. The van der Waals surface area contributed by atoms with Gasteiger partial charge >= 0.3 is 6.03 Å². The number of carbonyl (C=O) groups excluding carboxylic acids is 3. The number of nitrogens with one attached hydrogen (secondary N) is 2. The van der Waals surface area contributed by atoms with Gasteiger partial charge in [0.05, 0.1) is 18.2 Å². The van der Waals surface area contributed by atoms with Crippen molar-refractivity contribution in [1.29, 1.82) is 0 Å². The van der Waals surface area contributed by atoms with Crippen LogP contribution in [0.1, 0.15) is 26.7 Å². The molecule has 25 heavy (non-hydrogen) atoms. The summed E-state index contributed by atoms with van der Waals surface area (Å²) in [5.41, 5.74) is 0.152. The van der Waals surface area contributed by atoms with Crippen LogP contribution in [0.25, 0.3) is 0 Å². The molecule has 0 bridgehead atoms. The molecule has 1 saturated carbocycles. The second-order valence-corrected chi connectivity index (χ2v) is 6.94. The van der Waals surface area contributed by atoms with Gasteiger partial charge in [-0.25, -0.2) is 9.69 Å². The summed E-state index contributed by atoms with van der Waals surface area (Å²) in [6.45, 7) is 3.86. The maximum Gasteiger partial charge on any atom is 0.329 e. The number of rotatable bonds is 6. The number of urea groups is 1. The van der Waals surface area contributed by atoms with E-state index in [1.807, 2.05) is 0 Å². The third-order valence-electron chi connectivity index (χ3n) is 4.85. The van der Waals surface area contributed by atoms with E-state index in [1.54, 1.807) is 45.2 Å². The van der Waals surface area contributed by atoms with Gasteiger partial charge in [-0.1, -0.05) is 13.0 Å². The van der Waals surface area contributed by atoms with Crippen molar-refractivity contribution < 1.29 is 19.1 Å². The van der Waals surface area contributed by atoms with Crippen LogP contribution in [0.2, 0.25) is 0 Å². The van der Waals surface area contributed by atoms with Crippen LogP contribution in [0.3, 0.4) is 0 Å². The van der Waals surface area contributed by atoms with Gasteiger partial charge in [0.25, 0.3) is 5.91 Å². The van der Waals surface area contributed by atoms with E-state index in [9.17, 15) is 14.4 Å². The maximum atomic E-state index is 12.8. The highest BCUT2D eigenvalue weighted by molar-refractivity contribution is 6.23. The molecule has 1 aliphatic carbocycles. The Morgan fingerprint density at radius 1 is 1.44 bits per heavy atom. The molecule has 1 aliphatic heterocycles. The van der Waals surface area contributed by atoms with Crippen LogP contribution in [0.5, 0.6) is 0 Å². The molecule has 4 amide bonds. The van der Waals surface area contributed by atoms with Gasteiger partial charge in [0.1, 0.15) is 5.54 Å². The fourth-order valence-electron chi connectivity index (χ4n) is 3.14. The predicted molar refractivity (Wildman–Crippen MR) is 93.3 cm³/mol. The lowest BCUT2D eigenvalue weighted by Gasteiger charge is -2.21. The predicted octanol–water partition coefficient (Wildman–Crippen LogP) is 2.13. The normalized spacial score (nSPS) is 24.2. The van der Waals surface area contributed by atoms with E-state index in [-0.39, 0.29) is 23.7 Å². The molecule has 7 heteroatoms. The Morgan fingerprint density at radius 2 is 2.16 bits per heavy atom. The maximum absolute atomic E-state index is 12.8. The molecule has 7 nitrogen and oxygen atoms in total. The van der Waals surface area contributed by atoms with Crippen LogP contribution >= 0.6 is 0 Å². The quantitative estimate of drug-likeness (QED) is 0.773. The summed E-state index contributed by atoms with van der Waals surface area (Å²) in [6, 6.07) is 6.33. The Bertz CT molecular complexity index is 716. The topological polar surface area (TPSA) is 87.7 Å². The van der Waals surface area contributed by atoms with Crippen molar-refractivity contribution in [3.8, 4) is 0 Å². The lowest BCUT2D eigenvalue weighted by Crippen LogP contribution is -2.46. The number of imide groups is 1.